The molecule has 0 aromatic carbocycles. The molecule has 0 radical (unpaired) electrons. The van der Waals surface area contributed by atoms with Crippen molar-refractivity contribution in [2.75, 3.05) is 0 Å². The minimum Gasteiger partial charge on any atom is -0.433 e. The molecule has 0 amide bonds. The van der Waals surface area contributed by atoms with E-state index in [9.17, 15) is 4.79 Å². The number of carbonyl (C=O) groups excluding carboxylic acids is 1. The van der Waals surface area contributed by atoms with E-state index in [4.69, 9.17) is 10.2 Å². The third-order valence-electron chi connectivity index (χ3n) is 1.24. The molecule has 0 aliphatic carbocycles. The van der Waals surface area contributed by atoms with Gasteiger partial charge in [-0.15, -0.1) is 0 Å². The summed E-state index contributed by atoms with van der Waals surface area (Å²) in [6, 6.07) is 0. The molecule has 4 heteroatoms. The summed E-state index contributed by atoms with van der Waals surface area (Å²) in [6.45, 7) is 5.10. The number of hydrogen-bond acceptors (Lipinski definition) is 4. The van der Waals surface area contributed by atoms with Gasteiger partial charge >= 0.3 is 5.97 Å². The molecule has 2 unspecified atom stereocenters. The van der Waals surface area contributed by atoms with Crippen LogP contribution in [0.4, 0.5) is 0 Å². The summed E-state index contributed by atoms with van der Waals surface area (Å²) in [5.41, 5.74) is 0. The summed E-state index contributed by atoms with van der Waals surface area (Å²) in [5, 5.41) is 17.7. The number of ether oxygens (including phenoxy) is 1. The van der Waals surface area contributed by atoms with Crippen LogP contribution in [0.25, 0.3) is 0 Å². The van der Waals surface area contributed by atoms with Crippen molar-refractivity contribution < 1.29 is 19.7 Å². The van der Waals surface area contributed by atoms with Crippen molar-refractivity contribution in [2.24, 2.45) is 5.92 Å². The smallest absolute Gasteiger partial charge is 0.308 e. The molecule has 0 heterocycles. The number of esters is 1. The van der Waals surface area contributed by atoms with E-state index in [0.29, 0.717) is 0 Å². The van der Waals surface area contributed by atoms with Crippen LogP contribution >= 0.6 is 0 Å². The van der Waals surface area contributed by atoms with E-state index < -0.39 is 18.4 Å². The van der Waals surface area contributed by atoms with E-state index in [1.165, 1.54) is 6.92 Å². The Morgan fingerprint density at radius 2 is 1.83 bits per heavy atom. The minimum atomic E-state index is -1.41. The van der Waals surface area contributed by atoms with Gasteiger partial charge in [-0.25, -0.2) is 0 Å². The van der Waals surface area contributed by atoms with E-state index >= 15 is 0 Å². The Bertz CT molecular complexity index is 142. The number of aliphatic hydroxyl groups excluding tert-OH is 2. The van der Waals surface area contributed by atoms with Gasteiger partial charge in [-0.1, -0.05) is 13.8 Å². The third-order valence-corrected chi connectivity index (χ3v) is 1.24. The minimum absolute atomic E-state index is 0.193. The summed E-state index contributed by atoms with van der Waals surface area (Å²) >= 11 is 0. The molecule has 0 rings (SSSR count). The van der Waals surface area contributed by atoms with Crippen LogP contribution < -0.4 is 0 Å². The van der Waals surface area contributed by atoms with Crippen molar-refractivity contribution in [3.8, 4) is 0 Å². The van der Waals surface area contributed by atoms with Crippen LogP contribution in [-0.4, -0.2) is 28.6 Å². The second-order valence-electron chi connectivity index (χ2n) is 3.22. The van der Waals surface area contributed by atoms with Crippen LogP contribution in [0.1, 0.15) is 27.2 Å². The standard InChI is InChI=1S/C8H16O4/c1-5(2)4-7(10)12-8(11)6(3)9/h5-6,8-9,11H,4H2,1-3H3. The number of aliphatic hydroxyl groups is 2. The van der Waals surface area contributed by atoms with Crippen LogP contribution in [0.5, 0.6) is 0 Å². The van der Waals surface area contributed by atoms with E-state index in [0.717, 1.165) is 0 Å². The second-order valence-corrected chi connectivity index (χ2v) is 3.22. The molecule has 0 aliphatic rings. The molecule has 72 valence electrons. The van der Waals surface area contributed by atoms with Gasteiger partial charge in [-0.3, -0.25) is 4.79 Å². The van der Waals surface area contributed by atoms with Gasteiger partial charge in [-0.2, -0.15) is 0 Å². The Labute approximate surface area is 72.2 Å². The SMILES string of the molecule is CC(C)CC(=O)OC(O)C(C)O. The summed E-state index contributed by atoms with van der Waals surface area (Å²) < 4.78 is 4.49. The molecule has 12 heavy (non-hydrogen) atoms. The zero-order valence-electron chi connectivity index (χ0n) is 7.65. The summed E-state index contributed by atoms with van der Waals surface area (Å²) in [6.07, 6.45) is -2.19. The highest BCUT2D eigenvalue weighted by Crippen LogP contribution is 2.04. The second kappa shape index (κ2) is 5.11. The predicted molar refractivity (Wildman–Crippen MR) is 43.2 cm³/mol. The van der Waals surface area contributed by atoms with Crippen molar-refractivity contribution in [3.63, 3.8) is 0 Å². The predicted octanol–water partition coefficient (Wildman–Crippen LogP) is 0.275. The Balaban J connectivity index is 3.69. The molecule has 2 atom stereocenters. The molecule has 0 aromatic rings. The van der Waals surface area contributed by atoms with Gasteiger partial charge < -0.3 is 14.9 Å². The molecule has 0 saturated carbocycles. The van der Waals surface area contributed by atoms with Crippen molar-refractivity contribution in [3.05, 3.63) is 0 Å². The van der Waals surface area contributed by atoms with Gasteiger partial charge in [0.25, 0.3) is 0 Å². The first-order valence-electron chi connectivity index (χ1n) is 3.99. The number of carbonyl (C=O) groups is 1. The summed E-state index contributed by atoms with van der Waals surface area (Å²) in [5.74, 6) is -0.294. The number of rotatable bonds is 4. The zero-order valence-corrected chi connectivity index (χ0v) is 7.65. The highest BCUT2D eigenvalue weighted by atomic mass is 16.6. The molecule has 0 fully saturated rings. The molecular weight excluding hydrogens is 160 g/mol. The van der Waals surface area contributed by atoms with Gasteiger partial charge in [0, 0.05) is 6.42 Å². The first-order chi connectivity index (χ1) is 5.43. The van der Waals surface area contributed by atoms with E-state index in [1.807, 2.05) is 13.8 Å². The van der Waals surface area contributed by atoms with Gasteiger partial charge in [0.15, 0.2) is 0 Å². The lowest BCUT2D eigenvalue weighted by molar-refractivity contribution is -0.185. The maximum Gasteiger partial charge on any atom is 0.308 e. The highest BCUT2D eigenvalue weighted by Gasteiger charge is 2.16. The molecule has 2 N–H and O–H groups in total. The van der Waals surface area contributed by atoms with Gasteiger partial charge in [0.05, 0.1) is 0 Å². The fourth-order valence-corrected chi connectivity index (χ4v) is 0.615. The number of hydrogen-bond donors (Lipinski definition) is 2. The Morgan fingerprint density at radius 1 is 1.33 bits per heavy atom. The van der Waals surface area contributed by atoms with Crippen LogP contribution in [0.3, 0.4) is 0 Å². The van der Waals surface area contributed by atoms with Crippen LogP contribution in [0.15, 0.2) is 0 Å². The Hall–Kier alpha value is -0.610. The molecule has 4 nitrogen and oxygen atoms in total. The lowest BCUT2D eigenvalue weighted by atomic mass is 10.1. The topological polar surface area (TPSA) is 66.8 Å². The fourth-order valence-electron chi connectivity index (χ4n) is 0.615. The van der Waals surface area contributed by atoms with Gasteiger partial charge in [0.1, 0.15) is 6.10 Å². The van der Waals surface area contributed by atoms with Gasteiger partial charge in [0.2, 0.25) is 6.29 Å². The van der Waals surface area contributed by atoms with Crippen molar-refractivity contribution in [2.45, 2.75) is 39.6 Å². The van der Waals surface area contributed by atoms with Crippen molar-refractivity contribution >= 4 is 5.97 Å². The quantitative estimate of drug-likeness (QED) is 0.477. The molecular formula is C8H16O4. The third kappa shape index (κ3) is 5.09. The summed E-state index contributed by atoms with van der Waals surface area (Å²) in [4.78, 5) is 10.9. The van der Waals surface area contributed by atoms with E-state index in [1.54, 1.807) is 0 Å². The lowest BCUT2D eigenvalue weighted by Gasteiger charge is -2.14. The first-order valence-corrected chi connectivity index (χ1v) is 3.99. The van der Waals surface area contributed by atoms with Gasteiger partial charge in [-0.05, 0) is 12.8 Å². The van der Waals surface area contributed by atoms with Crippen molar-refractivity contribution in [1.82, 2.24) is 0 Å². The molecule has 0 aromatic heterocycles. The normalized spacial score (nSPS) is 15.8. The van der Waals surface area contributed by atoms with Crippen LogP contribution in [-0.2, 0) is 9.53 Å². The summed E-state index contributed by atoms with van der Waals surface area (Å²) in [7, 11) is 0. The molecule has 0 aliphatic heterocycles. The first kappa shape index (κ1) is 11.4. The maximum atomic E-state index is 10.9. The fraction of sp³-hybridized carbons (Fsp3) is 0.875. The van der Waals surface area contributed by atoms with Crippen molar-refractivity contribution in [1.29, 1.82) is 0 Å². The zero-order chi connectivity index (χ0) is 9.72. The molecule has 0 bridgehead atoms. The Kier molecular flexibility index (Phi) is 4.85. The average Bonchev–Trinajstić information content (AvgIpc) is 1.84. The molecule has 0 saturated heterocycles. The Morgan fingerprint density at radius 3 is 2.17 bits per heavy atom. The van der Waals surface area contributed by atoms with E-state index in [-0.39, 0.29) is 12.3 Å². The lowest BCUT2D eigenvalue weighted by Crippen LogP contribution is -2.28. The average molecular weight is 176 g/mol. The van der Waals surface area contributed by atoms with E-state index in [2.05, 4.69) is 4.74 Å². The maximum absolute atomic E-state index is 10.9. The largest absolute Gasteiger partial charge is 0.433 e. The van der Waals surface area contributed by atoms with Crippen LogP contribution in [0.2, 0.25) is 0 Å². The molecule has 0 spiro atoms. The monoisotopic (exact) mass is 176 g/mol. The van der Waals surface area contributed by atoms with Crippen LogP contribution in [0, 0.1) is 5.92 Å². The highest BCUT2D eigenvalue weighted by molar-refractivity contribution is 5.69.